The summed E-state index contributed by atoms with van der Waals surface area (Å²) in [4.78, 5) is 4.01. The first kappa shape index (κ1) is 10.5. The van der Waals surface area contributed by atoms with Gasteiger partial charge in [0.2, 0.25) is 0 Å². The summed E-state index contributed by atoms with van der Waals surface area (Å²) in [5.74, 6) is 0.678. The lowest BCUT2D eigenvalue weighted by Gasteiger charge is -2.01. The molecule has 3 aromatic rings. The van der Waals surface area contributed by atoms with Crippen LogP contribution in [0.3, 0.4) is 0 Å². The molecule has 0 unspecified atom stereocenters. The highest BCUT2D eigenvalue weighted by molar-refractivity contribution is 5.74. The molecule has 0 bridgehead atoms. The van der Waals surface area contributed by atoms with Crippen molar-refractivity contribution in [3.63, 3.8) is 0 Å². The van der Waals surface area contributed by atoms with Crippen molar-refractivity contribution in [3.8, 4) is 0 Å². The molecule has 2 heterocycles. The fourth-order valence-electron chi connectivity index (χ4n) is 1.70. The van der Waals surface area contributed by atoms with E-state index in [1.807, 2.05) is 30.3 Å². The standard InChI is InChI=1S/C13H10N4O/c18-12(10-4-2-1-3-5-10)6-13-16-15-8-11-7-14-9-17(11)13/h1-9,18H/b12-6-. The van der Waals surface area contributed by atoms with Crippen LogP contribution in [0.2, 0.25) is 0 Å². The van der Waals surface area contributed by atoms with E-state index in [0.717, 1.165) is 11.1 Å². The third-order valence-corrected chi connectivity index (χ3v) is 2.60. The quantitative estimate of drug-likeness (QED) is 0.695. The van der Waals surface area contributed by atoms with Gasteiger partial charge in [-0.25, -0.2) is 4.98 Å². The Morgan fingerprint density at radius 1 is 1.17 bits per heavy atom. The Labute approximate surface area is 103 Å². The molecule has 3 rings (SSSR count). The molecule has 18 heavy (non-hydrogen) atoms. The summed E-state index contributed by atoms with van der Waals surface area (Å²) < 4.78 is 1.76. The first-order valence-corrected chi connectivity index (χ1v) is 5.44. The number of nitrogens with zero attached hydrogens (tertiary/aromatic N) is 4. The molecule has 1 N–H and O–H groups in total. The number of aliphatic hydroxyl groups is 1. The molecule has 88 valence electrons. The Kier molecular flexibility index (Phi) is 2.49. The smallest absolute Gasteiger partial charge is 0.164 e. The second kappa shape index (κ2) is 4.29. The molecule has 0 aliphatic carbocycles. The third-order valence-electron chi connectivity index (χ3n) is 2.60. The fraction of sp³-hybridized carbons (Fsp3) is 0. The van der Waals surface area contributed by atoms with Gasteiger partial charge in [0.1, 0.15) is 12.1 Å². The van der Waals surface area contributed by atoms with E-state index in [-0.39, 0.29) is 5.76 Å². The van der Waals surface area contributed by atoms with Gasteiger partial charge in [-0.2, -0.15) is 5.10 Å². The summed E-state index contributed by atoms with van der Waals surface area (Å²) in [5.41, 5.74) is 1.56. The summed E-state index contributed by atoms with van der Waals surface area (Å²) in [6, 6.07) is 9.28. The summed E-state index contributed by atoms with van der Waals surface area (Å²) in [6.07, 6.45) is 6.50. The van der Waals surface area contributed by atoms with Crippen LogP contribution >= 0.6 is 0 Å². The molecule has 0 fully saturated rings. The monoisotopic (exact) mass is 238 g/mol. The normalized spacial score (nSPS) is 11.9. The number of hydrogen-bond acceptors (Lipinski definition) is 4. The largest absolute Gasteiger partial charge is 0.507 e. The molecule has 1 aromatic carbocycles. The lowest BCUT2D eigenvalue weighted by atomic mass is 10.2. The van der Waals surface area contributed by atoms with Gasteiger partial charge >= 0.3 is 0 Å². The Hall–Kier alpha value is -2.69. The van der Waals surface area contributed by atoms with Gasteiger partial charge in [-0.15, -0.1) is 5.10 Å². The number of hydrogen-bond donors (Lipinski definition) is 1. The van der Waals surface area contributed by atoms with Crippen molar-refractivity contribution in [2.75, 3.05) is 0 Å². The summed E-state index contributed by atoms with van der Waals surface area (Å²) in [5, 5.41) is 17.9. The Bertz CT molecular complexity index is 703. The lowest BCUT2D eigenvalue weighted by molar-refractivity contribution is 0.515. The number of imidazole rings is 1. The maximum Gasteiger partial charge on any atom is 0.164 e. The first-order chi connectivity index (χ1) is 8.84. The van der Waals surface area contributed by atoms with E-state index in [4.69, 9.17) is 0 Å². The summed E-state index contributed by atoms with van der Waals surface area (Å²) in [7, 11) is 0. The zero-order chi connectivity index (χ0) is 12.4. The van der Waals surface area contributed by atoms with Crippen LogP contribution in [0.5, 0.6) is 0 Å². The van der Waals surface area contributed by atoms with E-state index in [1.54, 1.807) is 29.2 Å². The number of rotatable bonds is 2. The van der Waals surface area contributed by atoms with E-state index in [2.05, 4.69) is 15.2 Å². The second-order valence-corrected chi connectivity index (χ2v) is 3.79. The van der Waals surface area contributed by atoms with Crippen molar-refractivity contribution in [3.05, 3.63) is 60.4 Å². The molecular formula is C13H10N4O. The number of aliphatic hydroxyl groups excluding tert-OH is 1. The van der Waals surface area contributed by atoms with Gasteiger partial charge in [0.25, 0.3) is 0 Å². The van der Waals surface area contributed by atoms with E-state index in [9.17, 15) is 5.11 Å². The minimum absolute atomic E-state index is 0.145. The minimum atomic E-state index is 0.145. The molecule has 0 atom stereocenters. The summed E-state index contributed by atoms with van der Waals surface area (Å²) >= 11 is 0. The molecule has 2 aromatic heterocycles. The Balaban J connectivity index is 2.08. The van der Waals surface area contributed by atoms with Gasteiger partial charge in [0.15, 0.2) is 5.82 Å². The van der Waals surface area contributed by atoms with Crippen molar-refractivity contribution in [1.82, 2.24) is 19.6 Å². The van der Waals surface area contributed by atoms with Gasteiger partial charge in [-0.05, 0) is 0 Å². The van der Waals surface area contributed by atoms with Crippen LogP contribution in [-0.2, 0) is 0 Å². The average molecular weight is 238 g/mol. The zero-order valence-electron chi connectivity index (χ0n) is 9.43. The Morgan fingerprint density at radius 3 is 2.83 bits per heavy atom. The molecule has 0 spiro atoms. The predicted molar refractivity (Wildman–Crippen MR) is 67.7 cm³/mol. The van der Waals surface area contributed by atoms with Crippen LogP contribution in [0.1, 0.15) is 11.4 Å². The molecule has 0 aliphatic heterocycles. The van der Waals surface area contributed by atoms with Gasteiger partial charge < -0.3 is 5.11 Å². The van der Waals surface area contributed by atoms with Crippen LogP contribution < -0.4 is 0 Å². The maximum atomic E-state index is 10.0. The first-order valence-electron chi connectivity index (χ1n) is 5.44. The van der Waals surface area contributed by atoms with Gasteiger partial charge in [0.05, 0.1) is 17.9 Å². The number of fused-ring (bicyclic) bond motifs is 1. The highest BCUT2D eigenvalue weighted by atomic mass is 16.3. The highest BCUT2D eigenvalue weighted by Gasteiger charge is 2.03. The average Bonchev–Trinajstić information content (AvgIpc) is 2.89. The van der Waals surface area contributed by atoms with Gasteiger partial charge in [-0.3, -0.25) is 4.40 Å². The highest BCUT2D eigenvalue weighted by Crippen LogP contribution is 2.14. The van der Waals surface area contributed by atoms with Crippen molar-refractivity contribution in [2.45, 2.75) is 0 Å². The van der Waals surface area contributed by atoms with Crippen molar-refractivity contribution < 1.29 is 5.11 Å². The van der Waals surface area contributed by atoms with Crippen molar-refractivity contribution >= 4 is 17.4 Å². The SMILES string of the molecule is O/C(=C\c1nncc2cncn12)c1ccccc1. The molecule has 0 saturated heterocycles. The van der Waals surface area contributed by atoms with E-state index in [0.29, 0.717) is 5.82 Å². The van der Waals surface area contributed by atoms with E-state index < -0.39 is 0 Å². The van der Waals surface area contributed by atoms with Crippen LogP contribution in [0.15, 0.2) is 49.1 Å². The van der Waals surface area contributed by atoms with Crippen molar-refractivity contribution in [2.24, 2.45) is 0 Å². The predicted octanol–water partition coefficient (Wildman–Crippen LogP) is 2.18. The third kappa shape index (κ3) is 1.82. The molecule has 0 radical (unpaired) electrons. The van der Waals surface area contributed by atoms with Crippen LogP contribution in [-0.4, -0.2) is 24.7 Å². The molecule has 5 nitrogen and oxygen atoms in total. The molecular weight excluding hydrogens is 228 g/mol. The van der Waals surface area contributed by atoms with Gasteiger partial charge in [-0.1, -0.05) is 30.3 Å². The van der Waals surface area contributed by atoms with Crippen LogP contribution in [0.4, 0.5) is 0 Å². The molecule has 0 saturated carbocycles. The number of aromatic nitrogens is 4. The minimum Gasteiger partial charge on any atom is -0.507 e. The molecule has 0 aliphatic rings. The van der Waals surface area contributed by atoms with Gasteiger partial charge in [0, 0.05) is 11.6 Å². The summed E-state index contributed by atoms with van der Waals surface area (Å²) in [6.45, 7) is 0. The van der Waals surface area contributed by atoms with Crippen LogP contribution in [0, 0.1) is 0 Å². The molecule has 0 amide bonds. The second-order valence-electron chi connectivity index (χ2n) is 3.79. The molecule has 5 heteroatoms. The fourth-order valence-corrected chi connectivity index (χ4v) is 1.70. The topological polar surface area (TPSA) is 63.3 Å². The Morgan fingerprint density at radius 2 is 2.00 bits per heavy atom. The van der Waals surface area contributed by atoms with Crippen molar-refractivity contribution in [1.29, 1.82) is 0 Å². The maximum absolute atomic E-state index is 10.0. The number of benzene rings is 1. The van der Waals surface area contributed by atoms with E-state index in [1.165, 1.54) is 0 Å². The zero-order valence-corrected chi connectivity index (χ0v) is 9.43. The lowest BCUT2D eigenvalue weighted by Crippen LogP contribution is -1.97. The van der Waals surface area contributed by atoms with E-state index >= 15 is 0 Å². The van der Waals surface area contributed by atoms with Crippen LogP contribution in [0.25, 0.3) is 17.4 Å².